The average molecular weight is 210 g/mol. The van der Waals surface area contributed by atoms with Gasteiger partial charge in [-0.1, -0.05) is 0 Å². The lowest BCUT2D eigenvalue weighted by atomic mass is 10.1. The molecule has 2 heterocycles. The van der Waals surface area contributed by atoms with Gasteiger partial charge in [-0.3, -0.25) is 4.79 Å². The fraction of sp³-hybridized carbons (Fsp3) is 0.600. The number of anilines is 1. The molecule has 15 heavy (non-hydrogen) atoms. The Kier molecular flexibility index (Phi) is 2.89. The van der Waals surface area contributed by atoms with Gasteiger partial charge in [-0.25, -0.2) is 0 Å². The van der Waals surface area contributed by atoms with Crippen LogP contribution in [-0.4, -0.2) is 29.1 Å². The zero-order valence-corrected chi connectivity index (χ0v) is 8.48. The van der Waals surface area contributed by atoms with Crippen LogP contribution in [0.1, 0.15) is 25.0 Å². The number of nitrogens with zero attached hydrogens (tertiary/aromatic N) is 2. The van der Waals surface area contributed by atoms with Crippen LogP contribution >= 0.6 is 0 Å². The Morgan fingerprint density at radius 3 is 2.87 bits per heavy atom. The molecule has 1 fully saturated rings. The maximum atomic E-state index is 10.5. The van der Waals surface area contributed by atoms with Crippen LogP contribution < -0.4 is 4.90 Å². The molecule has 0 aromatic carbocycles. The fourth-order valence-electron chi connectivity index (χ4n) is 1.76. The number of carbonyl (C=O) groups is 1. The van der Waals surface area contributed by atoms with Gasteiger partial charge >= 0.3 is 5.97 Å². The topological polar surface area (TPSA) is 66.6 Å². The van der Waals surface area contributed by atoms with E-state index in [4.69, 9.17) is 9.52 Å². The first-order chi connectivity index (χ1) is 7.25. The number of oxazole rings is 1. The number of rotatable bonds is 3. The first-order valence-electron chi connectivity index (χ1n) is 5.17. The van der Waals surface area contributed by atoms with Gasteiger partial charge in [-0.05, 0) is 19.3 Å². The lowest BCUT2D eigenvalue weighted by molar-refractivity contribution is -0.136. The van der Waals surface area contributed by atoms with E-state index in [0.717, 1.165) is 25.9 Å². The van der Waals surface area contributed by atoms with Crippen LogP contribution in [0.25, 0.3) is 0 Å². The quantitative estimate of drug-likeness (QED) is 0.814. The summed E-state index contributed by atoms with van der Waals surface area (Å²) in [6, 6.07) is 0.561. The van der Waals surface area contributed by atoms with E-state index >= 15 is 0 Å². The zero-order valence-electron chi connectivity index (χ0n) is 8.48. The van der Waals surface area contributed by atoms with Crippen molar-refractivity contribution in [2.24, 2.45) is 0 Å². The molecule has 0 atom stereocenters. The van der Waals surface area contributed by atoms with Gasteiger partial charge in [0.05, 0.1) is 12.1 Å². The van der Waals surface area contributed by atoms with Crippen molar-refractivity contribution < 1.29 is 14.3 Å². The largest absolute Gasteiger partial charge is 0.481 e. The Morgan fingerprint density at radius 1 is 1.47 bits per heavy atom. The Labute approximate surface area is 87.7 Å². The summed E-state index contributed by atoms with van der Waals surface area (Å²) in [5.41, 5.74) is 0.489. The molecular weight excluding hydrogens is 196 g/mol. The van der Waals surface area contributed by atoms with Gasteiger partial charge < -0.3 is 14.4 Å². The summed E-state index contributed by atoms with van der Waals surface area (Å²) in [6.45, 7) is 1.90. The summed E-state index contributed by atoms with van der Waals surface area (Å²) in [4.78, 5) is 16.7. The Morgan fingerprint density at radius 2 is 2.20 bits per heavy atom. The van der Waals surface area contributed by atoms with Crippen molar-refractivity contribution in [1.29, 1.82) is 0 Å². The standard InChI is InChI=1S/C10H14N2O3/c13-9(14)6-8-7-15-10(11-8)12-4-2-1-3-5-12/h7H,1-6H2,(H,13,14). The Hall–Kier alpha value is -1.52. The van der Waals surface area contributed by atoms with Gasteiger partial charge in [0.25, 0.3) is 6.01 Å². The minimum absolute atomic E-state index is 0.0721. The number of carboxylic acid groups (broad SMARTS) is 1. The molecule has 1 aliphatic rings. The third-order valence-electron chi connectivity index (χ3n) is 2.50. The SMILES string of the molecule is O=C(O)Cc1coc(N2CCCCC2)n1. The number of aliphatic carboxylic acids is 1. The minimum Gasteiger partial charge on any atom is -0.481 e. The van der Waals surface area contributed by atoms with Gasteiger partial charge in [0.15, 0.2) is 0 Å². The first kappa shape index (κ1) is 10.0. The highest BCUT2D eigenvalue weighted by molar-refractivity contribution is 5.69. The van der Waals surface area contributed by atoms with E-state index in [1.807, 2.05) is 0 Å². The molecular formula is C10H14N2O3. The van der Waals surface area contributed by atoms with Crippen LogP contribution in [0, 0.1) is 0 Å². The van der Waals surface area contributed by atoms with Gasteiger partial charge in [0, 0.05) is 13.1 Å². The molecule has 1 aromatic heterocycles. The number of hydrogen-bond donors (Lipinski definition) is 1. The highest BCUT2D eigenvalue weighted by Crippen LogP contribution is 2.18. The Bertz CT molecular complexity index is 342. The third kappa shape index (κ3) is 2.49. The van der Waals surface area contributed by atoms with Crippen molar-refractivity contribution in [1.82, 2.24) is 4.98 Å². The molecule has 0 unspecified atom stereocenters. The summed E-state index contributed by atoms with van der Waals surface area (Å²) in [5.74, 6) is -0.881. The van der Waals surface area contributed by atoms with E-state index in [1.54, 1.807) is 0 Å². The van der Waals surface area contributed by atoms with Crippen LogP contribution in [0.2, 0.25) is 0 Å². The summed E-state index contributed by atoms with van der Waals surface area (Å²) >= 11 is 0. The van der Waals surface area contributed by atoms with Crippen LogP contribution in [0.5, 0.6) is 0 Å². The van der Waals surface area contributed by atoms with Gasteiger partial charge in [0.1, 0.15) is 6.26 Å². The molecule has 1 N–H and O–H groups in total. The second-order valence-corrected chi connectivity index (χ2v) is 3.74. The molecule has 0 amide bonds. The second-order valence-electron chi connectivity index (χ2n) is 3.74. The monoisotopic (exact) mass is 210 g/mol. The second kappa shape index (κ2) is 4.33. The smallest absolute Gasteiger partial charge is 0.309 e. The molecule has 5 nitrogen and oxygen atoms in total. The molecule has 0 bridgehead atoms. The van der Waals surface area contributed by atoms with Crippen LogP contribution in [0.4, 0.5) is 6.01 Å². The molecule has 1 aliphatic heterocycles. The fourth-order valence-corrected chi connectivity index (χ4v) is 1.76. The van der Waals surface area contributed by atoms with E-state index < -0.39 is 5.97 Å². The van der Waals surface area contributed by atoms with Gasteiger partial charge in [0.2, 0.25) is 0 Å². The molecule has 82 valence electrons. The number of aromatic nitrogens is 1. The van der Waals surface area contributed by atoms with Gasteiger partial charge in [-0.15, -0.1) is 0 Å². The van der Waals surface area contributed by atoms with E-state index in [-0.39, 0.29) is 6.42 Å². The highest BCUT2D eigenvalue weighted by Gasteiger charge is 2.16. The first-order valence-corrected chi connectivity index (χ1v) is 5.17. The molecule has 1 saturated heterocycles. The lowest BCUT2D eigenvalue weighted by Crippen LogP contribution is -2.29. The van der Waals surface area contributed by atoms with Crippen molar-refractivity contribution in [3.63, 3.8) is 0 Å². The average Bonchev–Trinajstić information content (AvgIpc) is 2.67. The molecule has 0 radical (unpaired) electrons. The third-order valence-corrected chi connectivity index (χ3v) is 2.50. The van der Waals surface area contributed by atoms with E-state index in [0.29, 0.717) is 11.7 Å². The van der Waals surface area contributed by atoms with Crippen LogP contribution in [-0.2, 0) is 11.2 Å². The van der Waals surface area contributed by atoms with Crippen molar-refractivity contribution >= 4 is 12.0 Å². The number of piperidine rings is 1. The van der Waals surface area contributed by atoms with E-state index in [1.165, 1.54) is 12.7 Å². The van der Waals surface area contributed by atoms with Crippen molar-refractivity contribution in [2.75, 3.05) is 18.0 Å². The molecule has 0 spiro atoms. The summed E-state index contributed by atoms with van der Waals surface area (Å²) in [7, 11) is 0. The minimum atomic E-state index is -0.881. The van der Waals surface area contributed by atoms with E-state index in [9.17, 15) is 4.79 Å². The molecule has 5 heteroatoms. The predicted octanol–water partition coefficient (Wildman–Crippen LogP) is 1.29. The highest BCUT2D eigenvalue weighted by atomic mass is 16.4. The summed E-state index contributed by atoms with van der Waals surface area (Å²) < 4.78 is 5.26. The van der Waals surface area contributed by atoms with E-state index in [2.05, 4.69) is 9.88 Å². The summed E-state index contributed by atoms with van der Waals surface area (Å²) in [5, 5.41) is 8.59. The predicted molar refractivity (Wildman–Crippen MR) is 53.9 cm³/mol. The summed E-state index contributed by atoms with van der Waals surface area (Å²) in [6.07, 6.45) is 4.90. The van der Waals surface area contributed by atoms with Crippen molar-refractivity contribution in [3.05, 3.63) is 12.0 Å². The lowest BCUT2D eigenvalue weighted by Gasteiger charge is -2.24. The maximum Gasteiger partial charge on any atom is 0.309 e. The molecule has 1 aromatic rings. The van der Waals surface area contributed by atoms with Crippen LogP contribution in [0.3, 0.4) is 0 Å². The van der Waals surface area contributed by atoms with Crippen molar-refractivity contribution in [3.8, 4) is 0 Å². The van der Waals surface area contributed by atoms with Gasteiger partial charge in [-0.2, -0.15) is 4.98 Å². The maximum absolute atomic E-state index is 10.5. The Balaban J connectivity index is 2.02. The zero-order chi connectivity index (χ0) is 10.7. The molecule has 2 rings (SSSR count). The molecule has 0 saturated carbocycles. The van der Waals surface area contributed by atoms with Crippen molar-refractivity contribution in [2.45, 2.75) is 25.7 Å². The molecule has 0 aliphatic carbocycles. The number of carboxylic acids is 1. The number of hydrogen-bond acceptors (Lipinski definition) is 4. The van der Waals surface area contributed by atoms with Crippen LogP contribution in [0.15, 0.2) is 10.7 Å². The normalized spacial score (nSPS) is 16.7.